The van der Waals surface area contributed by atoms with Crippen LogP contribution in [0.1, 0.15) is 60.8 Å². The Morgan fingerprint density at radius 2 is 1.84 bits per heavy atom. The number of allylic oxidation sites excluding steroid dienone is 9. The van der Waals surface area contributed by atoms with E-state index in [1.54, 1.807) is 24.3 Å². The first-order chi connectivity index (χ1) is 15.1. The zero-order chi connectivity index (χ0) is 23.7. The zero-order valence-electron chi connectivity index (χ0n) is 20.1. The van der Waals surface area contributed by atoms with E-state index in [-0.39, 0.29) is 11.3 Å². The minimum atomic E-state index is -0.463. The molecule has 1 aromatic rings. The number of rotatable bonds is 7. The van der Waals surface area contributed by atoms with Crippen LogP contribution < -0.4 is 10.1 Å². The Kier molecular flexibility index (Phi) is 9.01. The number of amides is 1. The van der Waals surface area contributed by atoms with Crippen molar-refractivity contribution in [2.75, 3.05) is 5.32 Å². The van der Waals surface area contributed by atoms with Crippen LogP contribution in [0, 0.1) is 5.41 Å². The van der Waals surface area contributed by atoms with Gasteiger partial charge in [-0.05, 0) is 68.7 Å². The molecule has 1 aliphatic rings. The quantitative estimate of drug-likeness (QED) is 0.216. The van der Waals surface area contributed by atoms with E-state index in [1.165, 1.54) is 43.4 Å². The first kappa shape index (κ1) is 25.1. The van der Waals surface area contributed by atoms with Gasteiger partial charge in [-0.1, -0.05) is 61.4 Å². The SMILES string of the molecule is CC(=O)Nc1cccc(OC(=O)C=C(C)C=CC=C(C)C=CC2=C(C)CCCC2(C)C)c1. The molecule has 0 radical (unpaired) electrons. The van der Waals surface area contributed by atoms with E-state index in [0.717, 1.165) is 11.1 Å². The van der Waals surface area contributed by atoms with Crippen LogP contribution in [0.2, 0.25) is 0 Å². The van der Waals surface area contributed by atoms with Crippen LogP contribution in [0.3, 0.4) is 0 Å². The third-order valence-electron chi connectivity index (χ3n) is 5.49. The largest absolute Gasteiger partial charge is 0.423 e. The molecule has 1 amide bonds. The highest BCUT2D eigenvalue weighted by atomic mass is 16.5. The Morgan fingerprint density at radius 3 is 2.53 bits per heavy atom. The van der Waals surface area contributed by atoms with Gasteiger partial charge >= 0.3 is 5.97 Å². The zero-order valence-corrected chi connectivity index (χ0v) is 20.1. The normalized spacial score (nSPS) is 17.2. The summed E-state index contributed by atoms with van der Waals surface area (Å²) in [7, 11) is 0. The Labute approximate surface area is 192 Å². The first-order valence-corrected chi connectivity index (χ1v) is 11.1. The summed E-state index contributed by atoms with van der Waals surface area (Å²) in [6.07, 6.45) is 15.4. The predicted molar refractivity (Wildman–Crippen MR) is 133 cm³/mol. The lowest BCUT2D eigenvalue weighted by Crippen LogP contribution is -2.19. The molecule has 0 unspecified atom stereocenters. The number of benzene rings is 1. The minimum Gasteiger partial charge on any atom is -0.423 e. The molecule has 1 aliphatic carbocycles. The van der Waals surface area contributed by atoms with Crippen molar-refractivity contribution in [2.45, 2.75) is 60.8 Å². The highest BCUT2D eigenvalue weighted by Gasteiger charge is 2.26. The van der Waals surface area contributed by atoms with E-state index in [2.05, 4.69) is 45.2 Å². The summed E-state index contributed by atoms with van der Waals surface area (Å²) in [5, 5.41) is 2.66. The van der Waals surface area contributed by atoms with E-state index in [9.17, 15) is 9.59 Å². The molecule has 4 nitrogen and oxygen atoms in total. The van der Waals surface area contributed by atoms with E-state index in [4.69, 9.17) is 4.74 Å². The maximum absolute atomic E-state index is 12.2. The molecule has 32 heavy (non-hydrogen) atoms. The Balaban J connectivity index is 1.97. The lowest BCUT2D eigenvalue weighted by Gasteiger charge is -2.32. The van der Waals surface area contributed by atoms with Gasteiger partial charge in [-0.15, -0.1) is 0 Å². The van der Waals surface area contributed by atoms with Crippen LogP contribution in [0.4, 0.5) is 5.69 Å². The summed E-state index contributed by atoms with van der Waals surface area (Å²) < 4.78 is 5.34. The third kappa shape index (κ3) is 8.18. The van der Waals surface area contributed by atoms with Crippen LogP contribution in [0.25, 0.3) is 0 Å². The number of ether oxygens (including phenoxy) is 1. The van der Waals surface area contributed by atoms with Crippen molar-refractivity contribution in [3.05, 3.63) is 83.0 Å². The minimum absolute atomic E-state index is 0.179. The molecule has 4 heteroatoms. The molecule has 1 N–H and O–H groups in total. The lowest BCUT2D eigenvalue weighted by molar-refractivity contribution is -0.129. The molecule has 170 valence electrons. The van der Waals surface area contributed by atoms with E-state index < -0.39 is 5.97 Å². The number of carbonyl (C=O) groups excluding carboxylic acids is 2. The Hall–Kier alpha value is -3.14. The van der Waals surface area contributed by atoms with Crippen molar-refractivity contribution in [1.29, 1.82) is 0 Å². The molecule has 0 saturated carbocycles. The van der Waals surface area contributed by atoms with Crippen LogP contribution >= 0.6 is 0 Å². The molecule has 0 aliphatic heterocycles. The summed E-state index contributed by atoms with van der Waals surface area (Å²) in [4.78, 5) is 23.3. The Morgan fingerprint density at radius 1 is 1.09 bits per heavy atom. The average Bonchev–Trinajstić information content (AvgIpc) is 2.66. The van der Waals surface area contributed by atoms with Gasteiger partial charge < -0.3 is 10.1 Å². The number of esters is 1. The molecule has 0 aromatic heterocycles. The molecular formula is C28H35NO3. The van der Waals surface area contributed by atoms with Gasteiger partial charge in [-0.2, -0.15) is 0 Å². The Bertz CT molecular complexity index is 1000. The van der Waals surface area contributed by atoms with Gasteiger partial charge in [-0.25, -0.2) is 4.79 Å². The molecule has 0 spiro atoms. The summed E-state index contributed by atoms with van der Waals surface area (Å²) in [5.41, 5.74) is 5.68. The molecule has 2 rings (SSSR count). The molecule has 0 atom stereocenters. The molecular weight excluding hydrogens is 398 g/mol. The van der Waals surface area contributed by atoms with Gasteiger partial charge in [0.05, 0.1) is 0 Å². The van der Waals surface area contributed by atoms with Gasteiger partial charge in [-0.3, -0.25) is 4.79 Å². The van der Waals surface area contributed by atoms with Gasteiger partial charge in [0, 0.05) is 24.8 Å². The number of hydrogen-bond acceptors (Lipinski definition) is 3. The van der Waals surface area contributed by atoms with Gasteiger partial charge in [0.2, 0.25) is 5.91 Å². The van der Waals surface area contributed by atoms with Crippen LogP contribution in [-0.4, -0.2) is 11.9 Å². The second kappa shape index (κ2) is 11.5. The first-order valence-electron chi connectivity index (χ1n) is 11.1. The third-order valence-corrected chi connectivity index (χ3v) is 5.49. The second-order valence-electron chi connectivity index (χ2n) is 9.05. The summed E-state index contributed by atoms with van der Waals surface area (Å²) in [6, 6.07) is 6.74. The van der Waals surface area contributed by atoms with E-state index in [0.29, 0.717) is 11.4 Å². The van der Waals surface area contributed by atoms with Crippen LogP contribution in [-0.2, 0) is 9.59 Å². The van der Waals surface area contributed by atoms with Crippen molar-refractivity contribution >= 4 is 17.6 Å². The van der Waals surface area contributed by atoms with Gasteiger partial charge in [0.25, 0.3) is 0 Å². The van der Waals surface area contributed by atoms with Crippen molar-refractivity contribution in [1.82, 2.24) is 0 Å². The molecule has 1 aromatic carbocycles. The monoisotopic (exact) mass is 433 g/mol. The number of nitrogens with one attached hydrogen (secondary N) is 1. The topological polar surface area (TPSA) is 55.4 Å². The second-order valence-corrected chi connectivity index (χ2v) is 9.05. The number of carbonyl (C=O) groups is 2. The maximum atomic E-state index is 12.2. The summed E-state index contributed by atoms with van der Waals surface area (Å²) in [6.45, 7) is 12.2. The van der Waals surface area contributed by atoms with Gasteiger partial charge in [0.1, 0.15) is 5.75 Å². The average molecular weight is 434 g/mol. The highest BCUT2D eigenvalue weighted by Crippen LogP contribution is 2.40. The lowest BCUT2D eigenvalue weighted by atomic mass is 9.72. The summed E-state index contributed by atoms with van der Waals surface area (Å²) in [5.74, 6) is -0.262. The van der Waals surface area contributed by atoms with Crippen molar-refractivity contribution < 1.29 is 14.3 Å². The molecule has 0 saturated heterocycles. The number of hydrogen-bond donors (Lipinski definition) is 1. The van der Waals surface area contributed by atoms with E-state index >= 15 is 0 Å². The van der Waals surface area contributed by atoms with Crippen LogP contribution in [0.15, 0.2) is 83.0 Å². The molecule has 0 bridgehead atoms. The van der Waals surface area contributed by atoms with Crippen LogP contribution in [0.5, 0.6) is 5.75 Å². The predicted octanol–water partition coefficient (Wildman–Crippen LogP) is 7.08. The fourth-order valence-corrected chi connectivity index (χ4v) is 3.85. The van der Waals surface area contributed by atoms with Gasteiger partial charge in [0.15, 0.2) is 0 Å². The van der Waals surface area contributed by atoms with E-state index in [1.807, 2.05) is 25.2 Å². The molecule has 0 fully saturated rings. The highest BCUT2D eigenvalue weighted by molar-refractivity contribution is 5.89. The summed E-state index contributed by atoms with van der Waals surface area (Å²) >= 11 is 0. The van der Waals surface area contributed by atoms with Crippen molar-refractivity contribution in [2.24, 2.45) is 5.41 Å². The fourth-order valence-electron chi connectivity index (χ4n) is 3.85. The fraction of sp³-hybridized carbons (Fsp3) is 0.357. The molecule has 0 heterocycles. The smallest absolute Gasteiger partial charge is 0.336 e. The van der Waals surface area contributed by atoms with Crippen molar-refractivity contribution in [3.63, 3.8) is 0 Å². The van der Waals surface area contributed by atoms with Crippen molar-refractivity contribution in [3.8, 4) is 5.75 Å². The number of anilines is 1. The maximum Gasteiger partial charge on any atom is 0.336 e. The standard InChI is InChI=1S/C28H35NO3/c1-20(15-16-26-22(3)12-9-17-28(26,5)6)10-7-11-21(2)18-27(31)32-25-14-8-13-24(19-25)29-23(4)30/h7-8,10-11,13-16,18-19H,9,12,17H2,1-6H3,(H,29,30).